The van der Waals surface area contributed by atoms with Gasteiger partial charge in [0.15, 0.2) is 0 Å². The first-order valence-electron chi connectivity index (χ1n) is 6.24. The van der Waals surface area contributed by atoms with E-state index in [1.54, 1.807) is 22.7 Å². The van der Waals surface area contributed by atoms with E-state index in [1.807, 2.05) is 22.9 Å². The molecule has 0 atom stereocenters. The van der Waals surface area contributed by atoms with Crippen LogP contribution in [0.4, 0.5) is 0 Å². The molecule has 1 amide bonds. The summed E-state index contributed by atoms with van der Waals surface area (Å²) in [6.07, 6.45) is 2.23. The smallest absolute Gasteiger partial charge is 0.226 e. The van der Waals surface area contributed by atoms with Gasteiger partial charge in [-0.1, -0.05) is 6.07 Å². The van der Waals surface area contributed by atoms with Gasteiger partial charge in [0, 0.05) is 11.9 Å². The third-order valence-electron chi connectivity index (χ3n) is 2.58. The molecule has 2 aromatic heterocycles. The summed E-state index contributed by atoms with van der Waals surface area (Å²) in [5.74, 6) is 0.0278. The molecular weight excluding hydrogens is 278 g/mol. The number of carbonyl (C=O) groups is 1. The zero-order valence-electron chi connectivity index (χ0n) is 10.6. The number of nitrogens with one attached hydrogen (secondary N) is 1. The van der Waals surface area contributed by atoms with Gasteiger partial charge in [0.25, 0.3) is 0 Å². The Balaban J connectivity index is 1.81. The van der Waals surface area contributed by atoms with Crippen molar-refractivity contribution in [2.45, 2.75) is 19.3 Å². The van der Waals surface area contributed by atoms with Crippen LogP contribution >= 0.6 is 22.7 Å². The Kier molecular flexibility index (Phi) is 5.50. The monoisotopic (exact) mass is 295 g/mol. The average Bonchev–Trinajstić information content (AvgIpc) is 3.04. The largest absolute Gasteiger partial charge is 0.356 e. The Labute approximate surface area is 120 Å². The quantitative estimate of drug-likeness (QED) is 0.770. The summed E-state index contributed by atoms with van der Waals surface area (Å²) in [5.41, 5.74) is 6.24. The van der Waals surface area contributed by atoms with E-state index in [4.69, 9.17) is 5.73 Å². The molecule has 102 valence electrons. The molecule has 0 unspecified atom stereocenters. The molecular formula is C13H17N3OS2. The lowest BCUT2D eigenvalue weighted by atomic mass is 10.3. The molecule has 4 nitrogen and oxygen atoms in total. The van der Waals surface area contributed by atoms with Crippen molar-refractivity contribution in [1.82, 2.24) is 10.3 Å². The molecule has 6 heteroatoms. The Morgan fingerprint density at radius 2 is 2.26 bits per heavy atom. The van der Waals surface area contributed by atoms with Crippen molar-refractivity contribution in [3.8, 4) is 9.88 Å². The van der Waals surface area contributed by atoms with Gasteiger partial charge >= 0.3 is 0 Å². The van der Waals surface area contributed by atoms with E-state index in [0.29, 0.717) is 19.5 Å². The van der Waals surface area contributed by atoms with Crippen molar-refractivity contribution in [3.63, 3.8) is 0 Å². The molecule has 19 heavy (non-hydrogen) atoms. The summed E-state index contributed by atoms with van der Waals surface area (Å²) >= 11 is 3.25. The van der Waals surface area contributed by atoms with E-state index in [2.05, 4.69) is 10.3 Å². The number of unbranched alkanes of at least 4 members (excludes halogenated alkanes) is 1. The maximum Gasteiger partial charge on any atom is 0.226 e. The minimum Gasteiger partial charge on any atom is -0.356 e. The lowest BCUT2D eigenvalue weighted by Crippen LogP contribution is -2.26. The second kappa shape index (κ2) is 7.37. The van der Waals surface area contributed by atoms with Crippen LogP contribution in [0.5, 0.6) is 0 Å². The Morgan fingerprint density at radius 3 is 3.00 bits per heavy atom. The second-order valence-electron chi connectivity index (χ2n) is 4.14. The number of thiazole rings is 1. The van der Waals surface area contributed by atoms with Crippen molar-refractivity contribution in [2.24, 2.45) is 5.73 Å². The number of thiophene rings is 1. The molecule has 0 radical (unpaired) electrons. The van der Waals surface area contributed by atoms with E-state index >= 15 is 0 Å². The summed E-state index contributed by atoms with van der Waals surface area (Å²) in [7, 11) is 0. The second-order valence-corrected chi connectivity index (χ2v) is 5.95. The molecule has 2 heterocycles. The minimum atomic E-state index is 0.0278. The molecule has 0 saturated heterocycles. The average molecular weight is 295 g/mol. The predicted octanol–water partition coefficient (Wildman–Crippen LogP) is 2.27. The SMILES string of the molecule is NCCCCNC(=O)Cc1csc(-c2cccs2)n1. The lowest BCUT2D eigenvalue weighted by Gasteiger charge is -2.02. The molecule has 0 fully saturated rings. The highest BCUT2D eigenvalue weighted by Crippen LogP contribution is 2.27. The molecule has 0 aliphatic carbocycles. The number of aromatic nitrogens is 1. The van der Waals surface area contributed by atoms with Gasteiger partial charge in [0.2, 0.25) is 5.91 Å². The van der Waals surface area contributed by atoms with Crippen LogP contribution in [0.1, 0.15) is 18.5 Å². The highest BCUT2D eigenvalue weighted by atomic mass is 32.1. The maximum atomic E-state index is 11.7. The van der Waals surface area contributed by atoms with Crippen LogP contribution in [0.3, 0.4) is 0 Å². The molecule has 2 rings (SSSR count). The summed E-state index contributed by atoms with van der Waals surface area (Å²) in [6.45, 7) is 1.37. The number of hydrogen-bond acceptors (Lipinski definition) is 5. The summed E-state index contributed by atoms with van der Waals surface area (Å²) in [4.78, 5) is 17.3. The third kappa shape index (κ3) is 4.41. The van der Waals surface area contributed by atoms with Gasteiger partial charge in [-0.15, -0.1) is 22.7 Å². The van der Waals surface area contributed by atoms with Gasteiger partial charge in [-0.05, 0) is 30.8 Å². The van der Waals surface area contributed by atoms with Gasteiger partial charge in [-0.25, -0.2) is 4.98 Å². The van der Waals surface area contributed by atoms with Gasteiger partial charge in [-0.3, -0.25) is 4.79 Å². The fourth-order valence-electron chi connectivity index (χ4n) is 1.63. The zero-order chi connectivity index (χ0) is 13.5. The molecule has 0 aliphatic rings. The predicted molar refractivity (Wildman–Crippen MR) is 80.4 cm³/mol. The van der Waals surface area contributed by atoms with E-state index in [-0.39, 0.29) is 5.91 Å². The highest BCUT2D eigenvalue weighted by Gasteiger charge is 2.09. The number of rotatable bonds is 7. The van der Waals surface area contributed by atoms with E-state index in [9.17, 15) is 4.79 Å². The normalized spacial score (nSPS) is 10.6. The summed E-state index contributed by atoms with van der Waals surface area (Å²) in [6, 6.07) is 4.05. The molecule has 2 aromatic rings. The van der Waals surface area contributed by atoms with E-state index < -0.39 is 0 Å². The first-order chi connectivity index (χ1) is 9.29. The van der Waals surface area contributed by atoms with Gasteiger partial charge in [0.05, 0.1) is 17.0 Å². The van der Waals surface area contributed by atoms with E-state index in [1.165, 1.54) is 0 Å². The summed E-state index contributed by atoms with van der Waals surface area (Å²) in [5, 5.41) is 7.85. The maximum absolute atomic E-state index is 11.7. The Hall–Kier alpha value is -1.24. The zero-order valence-corrected chi connectivity index (χ0v) is 12.2. The fourth-order valence-corrected chi connectivity index (χ4v) is 3.26. The van der Waals surface area contributed by atoms with Crippen LogP contribution in [0.2, 0.25) is 0 Å². The van der Waals surface area contributed by atoms with Crippen LogP contribution < -0.4 is 11.1 Å². The topological polar surface area (TPSA) is 68.0 Å². The first kappa shape index (κ1) is 14.2. The standard InChI is InChI=1S/C13H17N3OS2/c14-5-1-2-6-15-12(17)8-10-9-19-13(16-10)11-4-3-7-18-11/h3-4,7,9H,1-2,5-6,8,14H2,(H,15,17). The third-order valence-corrected chi connectivity index (χ3v) is 4.51. The molecule has 0 aliphatic heterocycles. The number of nitrogens with two attached hydrogens (primary N) is 1. The number of carbonyl (C=O) groups excluding carboxylic acids is 1. The van der Waals surface area contributed by atoms with Crippen LogP contribution in [-0.4, -0.2) is 24.0 Å². The van der Waals surface area contributed by atoms with Crippen molar-refractivity contribution in [1.29, 1.82) is 0 Å². The lowest BCUT2D eigenvalue weighted by molar-refractivity contribution is -0.120. The fraction of sp³-hybridized carbons (Fsp3) is 0.385. The van der Waals surface area contributed by atoms with Gasteiger partial charge in [0.1, 0.15) is 5.01 Å². The van der Waals surface area contributed by atoms with Gasteiger partial charge < -0.3 is 11.1 Å². The molecule has 3 N–H and O–H groups in total. The van der Waals surface area contributed by atoms with E-state index in [0.717, 1.165) is 28.4 Å². The summed E-state index contributed by atoms with van der Waals surface area (Å²) < 4.78 is 0. The number of nitrogens with zero attached hydrogens (tertiary/aromatic N) is 1. The van der Waals surface area contributed by atoms with Crippen molar-refractivity contribution < 1.29 is 4.79 Å². The van der Waals surface area contributed by atoms with Crippen molar-refractivity contribution in [3.05, 3.63) is 28.6 Å². The number of amides is 1. The van der Waals surface area contributed by atoms with Crippen LogP contribution in [0.25, 0.3) is 9.88 Å². The molecule has 0 bridgehead atoms. The van der Waals surface area contributed by atoms with Crippen LogP contribution in [-0.2, 0) is 11.2 Å². The molecule has 0 saturated carbocycles. The molecule has 0 aromatic carbocycles. The number of hydrogen-bond donors (Lipinski definition) is 2. The minimum absolute atomic E-state index is 0.0278. The Morgan fingerprint density at radius 1 is 1.37 bits per heavy atom. The van der Waals surface area contributed by atoms with Crippen molar-refractivity contribution in [2.75, 3.05) is 13.1 Å². The molecule has 0 spiro atoms. The van der Waals surface area contributed by atoms with Crippen molar-refractivity contribution >= 4 is 28.6 Å². The Bertz CT molecular complexity index is 508. The van der Waals surface area contributed by atoms with Crippen LogP contribution in [0.15, 0.2) is 22.9 Å². The highest BCUT2D eigenvalue weighted by molar-refractivity contribution is 7.20. The van der Waals surface area contributed by atoms with Crippen LogP contribution in [0, 0.1) is 0 Å². The van der Waals surface area contributed by atoms with Gasteiger partial charge in [-0.2, -0.15) is 0 Å². The first-order valence-corrected chi connectivity index (χ1v) is 8.00.